The third-order valence-corrected chi connectivity index (χ3v) is 7.89. The topological polar surface area (TPSA) is 115 Å². The third-order valence-electron chi connectivity index (χ3n) is 7.89. The standard InChI is InChI=1S/C30H32FN9O2/c1-6-24(41)37-14-19(5)38(15-18(37)4)27-22-13-23(31)29-33-28(22)40(30(42)34-27)26-20(11-12-32-25(26)17(2)3)9-7-8-10-21-16-39(29)36-35-21/h6-8,11-13,16-19H,1,9-10,14-15H2,2-5H3/b8-7-. The van der Waals surface area contributed by atoms with Crippen LogP contribution in [0.1, 0.15) is 50.6 Å². The molecule has 0 N–H and O–H groups in total. The molecular weight excluding hydrogens is 537 g/mol. The fraction of sp³-hybridized carbons (Fsp3) is 0.367. The monoisotopic (exact) mass is 569 g/mol. The average Bonchev–Trinajstić information content (AvgIpc) is 3.44. The molecule has 1 fully saturated rings. The van der Waals surface area contributed by atoms with Crippen molar-refractivity contribution in [2.45, 2.75) is 58.5 Å². The molecule has 1 saturated heterocycles. The SMILES string of the molecule is C=CC(=O)N1CC(C)N(c2nc(=O)n3c4nc(c(F)cc24)-n2cc(nn2)C/C=C\Cc2ccnc(C(C)C)c2-3)CC1C. The molecule has 6 heterocycles. The minimum Gasteiger partial charge on any atom is -0.349 e. The number of nitrogens with zero attached hydrogens (tertiary/aromatic N) is 9. The Morgan fingerprint density at radius 2 is 1.90 bits per heavy atom. The molecule has 0 radical (unpaired) electrons. The fourth-order valence-corrected chi connectivity index (χ4v) is 5.79. The van der Waals surface area contributed by atoms with E-state index >= 15 is 4.39 Å². The van der Waals surface area contributed by atoms with Crippen LogP contribution in [0.25, 0.3) is 22.5 Å². The van der Waals surface area contributed by atoms with Crippen LogP contribution < -0.4 is 10.6 Å². The molecule has 216 valence electrons. The Kier molecular flexibility index (Phi) is 6.91. The Labute approximate surface area is 242 Å². The van der Waals surface area contributed by atoms with Gasteiger partial charge in [-0.1, -0.05) is 37.8 Å². The van der Waals surface area contributed by atoms with Crippen molar-refractivity contribution in [2.75, 3.05) is 18.0 Å². The number of hydrogen-bond donors (Lipinski definition) is 0. The Hall–Kier alpha value is -4.74. The Balaban J connectivity index is 1.66. The maximum Gasteiger partial charge on any atom is 0.355 e. The number of carbonyl (C=O) groups is 1. The Bertz CT molecular complexity index is 1810. The van der Waals surface area contributed by atoms with E-state index in [0.717, 1.165) is 5.56 Å². The van der Waals surface area contributed by atoms with Gasteiger partial charge in [0.05, 0.1) is 28.7 Å². The Morgan fingerprint density at radius 1 is 1.12 bits per heavy atom. The molecule has 0 spiro atoms. The summed E-state index contributed by atoms with van der Waals surface area (Å²) in [5.41, 5.74) is 2.52. The number of fused-ring (bicyclic) bond motifs is 6. The molecule has 0 aliphatic carbocycles. The highest BCUT2D eigenvalue weighted by Gasteiger charge is 2.34. The van der Waals surface area contributed by atoms with E-state index < -0.39 is 11.5 Å². The fourth-order valence-electron chi connectivity index (χ4n) is 5.79. The number of hydrogen-bond acceptors (Lipinski definition) is 8. The van der Waals surface area contributed by atoms with E-state index in [0.29, 0.717) is 54.2 Å². The van der Waals surface area contributed by atoms with Crippen LogP contribution in [0.4, 0.5) is 10.2 Å². The summed E-state index contributed by atoms with van der Waals surface area (Å²) in [6.45, 7) is 12.3. The molecule has 12 heteroatoms. The van der Waals surface area contributed by atoms with Crippen LogP contribution in [0.3, 0.4) is 0 Å². The quantitative estimate of drug-likeness (QED) is 0.273. The molecule has 11 nitrogen and oxygen atoms in total. The number of rotatable bonds is 3. The second-order valence-electron chi connectivity index (χ2n) is 11.2. The van der Waals surface area contributed by atoms with Crippen LogP contribution in [0, 0.1) is 5.82 Å². The van der Waals surface area contributed by atoms with Gasteiger partial charge in [0.25, 0.3) is 0 Å². The summed E-state index contributed by atoms with van der Waals surface area (Å²) in [4.78, 5) is 44.2. The summed E-state index contributed by atoms with van der Waals surface area (Å²) in [6, 6.07) is 2.84. The number of halogens is 1. The van der Waals surface area contributed by atoms with Crippen molar-refractivity contribution in [3.05, 3.63) is 82.6 Å². The molecule has 2 aliphatic heterocycles. The van der Waals surface area contributed by atoms with E-state index in [1.54, 1.807) is 17.3 Å². The van der Waals surface area contributed by atoms with Crippen molar-refractivity contribution >= 4 is 22.8 Å². The van der Waals surface area contributed by atoms with Gasteiger partial charge < -0.3 is 9.80 Å². The lowest BCUT2D eigenvalue weighted by atomic mass is 10.0. The van der Waals surface area contributed by atoms with Crippen LogP contribution in [-0.4, -0.2) is 70.5 Å². The van der Waals surface area contributed by atoms with Gasteiger partial charge >= 0.3 is 5.69 Å². The first-order valence-electron chi connectivity index (χ1n) is 14.1. The van der Waals surface area contributed by atoms with Gasteiger partial charge in [-0.25, -0.2) is 18.7 Å². The highest BCUT2D eigenvalue weighted by atomic mass is 19.1. The average molecular weight is 570 g/mol. The molecule has 0 aromatic carbocycles. The van der Waals surface area contributed by atoms with E-state index in [-0.39, 0.29) is 35.4 Å². The zero-order valence-electron chi connectivity index (χ0n) is 24.0. The van der Waals surface area contributed by atoms with Crippen molar-refractivity contribution < 1.29 is 9.18 Å². The zero-order valence-corrected chi connectivity index (χ0v) is 24.0. The second-order valence-corrected chi connectivity index (χ2v) is 11.2. The number of pyridine rings is 2. The number of piperazine rings is 1. The summed E-state index contributed by atoms with van der Waals surface area (Å²) in [7, 11) is 0. The van der Waals surface area contributed by atoms with Gasteiger partial charge in [-0.05, 0) is 50.0 Å². The van der Waals surface area contributed by atoms with E-state index in [9.17, 15) is 9.59 Å². The molecule has 42 heavy (non-hydrogen) atoms. The molecule has 6 rings (SSSR count). The number of aromatic nitrogens is 7. The van der Waals surface area contributed by atoms with Crippen LogP contribution in [-0.2, 0) is 17.6 Å². The van der Waals surface area contributed by atoms with Crippen LogP contribution in [0.15, 0.2) is 54.1 Å². The van der Waals surface area contributed by atoms with Crippen LogP contribution in [0.2, 0.25) is 0 Å². The van der Waals surface area contributed by atoms with Gasteiger partial charge in [-0.3, -0.25) is 9.78 Å². The van der Waals surface area contributed by atoms with Crippen molar-refractivity contribution in [3.8, 4) is 11.5 Å². The lowest BCUT2D eigenvalue weighted by Gasteiger charge is -2.44. The van der Waals surface area contributed by atoms with E-state index in [2.05, 4.69) is 26.9 Å². The predicted octanol–water partition coefficient (Wildman–Crippen LogP) is 3.29. The van der Waals surface area contributed by atoms with E-state index in [4.69, 9.17) is 4.98 Å². The normalized spacial score (nSPS) is 19.3. The van der Waals surface area contributed by atoms with Gasteiger partial charge in [0.15, 0.2) is 17.3 Å². The maximum absolute atomic E-state index is 15.9. The molecule has 2 unspecified atom stereocenters. The van der Waals surface area contributed by atoms with Gasteiger partial charge in [0, 0.05) is 37.8 Å². The molecule has 4 aromatic rings. The second kappa shape index (κ2) is 10.6. The largest absolute Gasteiger partial charge is 0.355 e. The first-order chi connectivity index (χ1) is 20.2. The highest BCUT2D eigenvalue weighted by Crippen LogP contribution is 2.33. The number of amides is 1. The summed E-state index contributed by atoms with van der Waals surface area (Å²) >= 11 is 0. The zero-order chi connectivity index (χ0) is 29.7. The predicted molar refractivity (Wildman–Crippen MR) is 157 cm³/mol. The van der Waals surface area contributed by atoms with Crippen molar-refractivity contribution in [1.82, 2.24) is 39.4 Å². The molecule has 4 bridgehead atoms. The van der Waals surface area contributed by atoms with Gasteiger partial charge in [0.1, 0.15) is 5.82 Å². The number of allylic oxidation sites excluding steroid dienone is 2. The molecule has 0 saturated carbocycles. The van der Waals surface area contributed by atoms with E-state index in [1.165, 1.54) is 21.4 Å². The van der Waals surface area contributed by atoms with Crippen LogP contribution in [0.5, 0.6) is 0 Å². The Morgan fingerprint density at radius 3 is 2.67 bits per heavy atom. The minimum atomic E-state index is -0.630. The maximum atomic E-state index is 15.9. The molecule has 4 aromatic heterocycles. The molecular formula is C30H32FN9O2. The third kappa shape index (κ3) is 4.56. The van der Waals surface area contributed by atoms with Crippen molar-refractivity contribution in [1.29, 1.82) is 0 Å². The highest BCUT2D eigenvalue weighted by molar-refractivity contribution is 5.90. The van der Waals surface area contributed by atoms with Crippen molar-refractivity contribution in [2.24, 2.45) is 0 Å². The lowest BCUT2D eigenvalue weighted by Crippen LogP contribution is -2.58. The van der Waals surface area contributed by atoms with Gasteiger partial charge in [0.2, 0.25) is 5.91 Å². The van der Waals surface area contributed by atoms with Crippen LogP contribution >= 0.6 is 0 Å². The van der Waals surface area contributed by atoms with Gasteiger partial charge in [-0.2, -0.15) is 9.67 Å². The summed E-state index contributed by atoms with van der Waals surface area (Å²) in [5, 5.41) is 8.67. The number of anilines is 1. The molecule has 2 aliphatic rings. The smallest absolute Gasteiger partial charge is 0.349 e. The summed E-state index contributed by atoms with van der Waals surface area (Å²) < 4.78 is 18.6. The number of carbonyl (C=O) groups excluding carboxylic acids is 1. The first kappa shape index (κ1) is 27.4. The summed E-state index contributed by atoms with van der Waals surface area (Å²) in [5.74, 6) is -0.573. The first-order valence-corrected chi connectivity index (χ1v) is 14.1. The molecule has 1 amide bonds. The summed E-state index contributed by atoms with van der Waals surface area (Å²) in [6.07, 6.45) is 9.71. The lowest BCUT2D eigenvalue weighted by molar-refractivity contribution is -0.128. The van der Waals surface area contributed by atoms with E-state index in [1.807, 2.05) is 50.8 Å². The molecule has 2 atom stereocenters. The minimum absolute atomic E-state index is 0.0186. The van der Waals surface area contributed by atoms with Gasteiger partial charge in [-0.15, -0.1) is 5.10 Å². The van der Waals surface area contributed by atoms with Crippen molar-refractivity contribution in [3.63, 3.8) is 0 Å².